The van der Waals surface area contributed by atoms with Crippen molar-refractivity contribution >= 4 is 11.8 Å². The number of rotatable bonds is 0. The molecule has 0 amide bonds. The van der Waals surface area contributed by atoms with E-state index in [-0.39, 0.29) is 0 Å². The van der Waals surface area contributed by atoms with Gasteiger partial charge in [0.1, 0.15) is 0 Å². The van der Waals surface area contributed by atoms with Crippen LogP contribution in [0.4, 0.5) is 0 Å². The average Bonchev–Trinajstić information content (AvgIpc) is 1.30. The molecule has 0 aliphatic carbocycles. The van der Waals surface area contributed by atoms with Crippen molar-refractivity contribution in [2.45, 2.75) is 18.6 Å². The quantitative estimate of drug-likeness (QED) is 0.432. The molecular weight excluding hydrogens is 80.1 g/mol. The first-order valence-electron chi connectivity index (χ1n) is 2.01. The van der Waals surface area contributed by atoms with E-state index in [0.717, 1.165) is 5.25 Å². The molecule has 0 spiro atoms. The molecule has 0 nitrogen and oxygen atoms in total. The topological polar surface area (TPSA) is 0 Å². The van der Waals surface area contributed by atoms with Crippen molar-refractivity contribution < 1.29 is 0 Å². The Labute approximate surface area is 37.0 Å². The summed E-state index contributed by atoms with van der Waals surface area (Å²) < 4.78 is 0. The van der Waals surface area contributed by atoms with Crippen LogP contribution >= 0.6 is 11.8 Å². The van der Waals surface area contributed by atoms with E-state index in [1.807, 2.05) is 0 Å². The number of thioether (sulfide) groups is 1. The van der Waals surface area contributed by atoms with Gasteiger partial charge < -0.3 is 0 Å². The molecule has 0 saturated carbocycles. The fourth-order valence-electron chi connectivity index (χ4n) is 0.354. The lowest BCUT2D eigenvalue weighted by molar-refractivity contribution is 0.861. The highest BCUT2D eigenvalue weighted by Crippen LogP contribution is 2.25. The molecule has 0 radical (unpaired) electrons. The van der Waals surface area contributed by atoms with Gasteiger partial charge in [0.15, 0.2) is 0 Å². The first-order valence-corrected chi connectivity index (χ1v) is 3.06. The fraction of sp³-hybridized carbons (Fsp3) is 1.00. The summed E-state index contributed by atoms with van der Waals surface area (Å²) >= 11 is 2.06. The number of hydrogen-bond donors (Lipinski definition) is 0. The molecule has 0 unspecified atom stereocenters. The zero-order chi connectivity index (χ0) is 3.70. The Hall–Kier alpha value is 0.350. The Balaban J connectivity index is 2.08. The highest BCUT2D eigenvalue weighted by molar-refractivity contribution is 8.01. The van der Waals surface area contributed by atoms with Crippen molar-refractivity contribution in [1.82, 2.24) is 0 Å². The summed E-state index contributed by atoms with van der Waals surface area (Å²) in [4.78, 5) is 0. The van der Waals surface area contributed by atoms with Crippen molar-refractivity contribution in [2.75, 3.05) is 5.75 Å². The van der Waals surface area contributed by atoms with E-state index in [2.05, 4.69) is 18.7 Å². The molecule has 1 heterocycles. The predicted molar refractivity (Wildman–Crippen MR) is 26.5 cm³/mol. The summed E-state index contributed by atoms with van der Waals surface area (Å²) in [6, 6.07) is 0. The second-order valence-corrected chi connectivity index (χ2v) is 3.02. The molecule has 0 aromatic rings. The van der Waals surface area contributed by atoms with Crippen LogP contribution in [0.2, 0.25) is 0 Å². The SMILES string of the molecule is C[C@H]1CCS1. The molecule has 0 bridgehead atoms. The predicted octanol–water partition coefficient (Wildman–Crippen LogP) is 1.51. The van der Waals surface area contributed by atoms with Crippen LogP contribution < -0.4 is 0 Å². The summed E-state index contributed by atoms with van der Waals surface area (Å²) in [6.07, 6.45) is 1.45. The van der Waals surface area contributed by atoms with Gasteiger partial charge in [0.25, 0.3) is 0 Å². The molecule has 1 saturated heterocycles. The molecule has 0 aromatic heterocycles. The molecule has 0 aromatic carbocycles. The maximum Gasteiger partial charge on any atom is 0.00265 e. The molecule has 5 heavy (non-hydrogen) atoms. The third kappa shape index (κ3) is 0.596. The van der Waals surface area contributed by atoms with Gasteiger partial charge in [0, 0.05) is 5.25 Å². The van der Waals surface area contributed by atoms with E-state index in [4.69, 9.17) is 0 Å². The first kappa shape index (κ1) is 3.54. The zero-order valence-corrected chi connectivity index (χ0v) is 4.22. The lowest BCUT2D eigenvalue weighted by atomic mass is 10.3. The monoisotopic (exact) mass is 88.0 g/mol. The normalized spacial score (nSPS) is 36.6. The van der Waals surface area contributed by atoms with Gasteiger partial charge in [-0.15, -0.1) is 0 Å². The van der Waals surface area contributed by atoms with Crippen LogP contribution in [-0.4, -0.2) is 11.0 Å². The van der Waals surface area contributed by atoms with Crippen LogP contribution in [0.5, 0.6) is 0 Å². The molecule has 1 rings (SSSR count). The Morgan fingerprint density at radius 1 is 1.80 bits per heavy atom. The Morgan fingerprint density at radius 2 is 2.20 bits per heavy atom. The van der Waals surface area contributed by atoms with Gasteiger partial charge in [0.05, 0.1) is 0 Å². The van der Waals surface area contributed by atoms with Gasteiger partial charge in [-0.1, -0.05) is 6.92 Å². The minimum atomic E-state index is 0.981. The Morgan fingerprint density at radius 3 is 2.20 bits per heavy atom. The van der Waals surface area contributed by atoms with Crippen LogP contribution in [0.25, 0.3) is 0 Å². The largest absolute Gasteiger partial charge is 0.159 e. The van der Waals surface area contributed by atoms with Crippen LogP contribution in [-0.2, 0) is 0 Å². The molecule has 1 heteroatoms. The van der Waals surface area contributed by atoms with Gasteiger partial charge in [-0.2, -0.15) is 11.8 Å². The minimum Gasteiger partial charge on any atom is -0.159 e. The highest BCUT2D eigenvalue weighted by atomic mass is 32.2. The molecule has 1 aliphatic rings. The molecular formula is C4H8S. The molecule has 1 aliphatic heterocycles. The van der Waals surface area contributed by atoms with E-state index in [1.54, 1.807) is 0 Å². The summed E-state index contributed by atoms with van der Waals surface area (Å²) in [5.41, 5.74) is 0. The van der Waals surface area contributed by atoms with Crippen LogP contribution in [0, 0.1) is 0 Å². The number of hydrogen-bond acceptors (Lipinski definition) is 1. The van der Waals surface area contributed by atoms with E-state index < -0.39 is 0 Å². The van der Waals surface area contributed by atoms with E-state index in [0.29, 0.717) is 0 Å². The Bertz CT molecular complexity index is 30.6. The molecule has 1 fully saturated rings. The van der Waals surface area contributed by atoms with Gasteiger partial charge in [-0.3, -0.25) is 0 Å². The van der Waals surface area contributed by atoms with Gasteiger partial charge in [0.2, 0.25) is 0 Å². The third-order valence-corrected chi connectivity index (χ3v) is 2.20. The van der Waals surface area contributed by atoms with Gasteiger partial charge >= 0.3 is 0 Å². The van der Waals surface area contributed by atoms with Crippen molar-refractivity contribution in [1.29, 1.82) is 0 Å². The van der Waals surface area contributed by atoms with Crippen molar-refractivity contribution in [2.24, 2.45) is 0 Å². The van der Waals surface area contributed by atoms with E-state index in [1.165, 1.54) is 12.2 Å². The molecule has 1 atom stereocenters. The Kier molecular flexibility index (Phi) is 0.856. The van der Waals surface area contributed by atoms with Crippen molar-refractivity contribution in [3.05, 3.63) is 0 Å². The summed E-state index contributed by atoms with van der Waals surface area (Å²) in [5.74, 6) is 1.40. The van der Waals surface area contributed by atoms with Crippen molar-refractivity contribution in [3.63, 3.8) is 0 Å². The fourth-order valence-corrected chi connectivity index (χ4v) is 1.06. The lowest BCUT2D eigenvalue weighted by Crippen LogP contribution is -2.09. The highest BCUT2D eigenvalue weighted by Gasteiger charge is 2.09. The zero-order valence-electron chi connectivity index (χ0n) is 3.40. The van der Waals surface area contributed by atoms with Gasteiger partial charge in [-0.05, 0) is 12.2 Å². The second-order valence-electron chi connectivity index (χ2n) is 1.47. The lowest BCUT2D eigenvalue weighted by Gasteiger charge is -2.18. The third-order valence-electron chi connectivity index (χ3n) is 0.927. The maximum atomic E-state index is 2.27. The average molecular weight is 88.2 g/mol. The van der Waals surface area contributed by atoms with Gasteiger partial charge in [-0.25, -0.2) is 0 Å². The van der Waals surface area contributed by atoms with Crippen molar-refractivity contribution in [3.8, 4) is 0 Å². The smallest absolute Gasteiger partial charge is 0.00265 e. The minimum absolute atomic E-state index is 0.981. The standard InChI is InChI=1S/C4H8S/c1-4-2-3-5-4/h4H,2-3H2,1H3/t4-/m0/s1. The van der Waals surface area contributed by atoms with Crippen LogP contribution in [0.3, 0.4) is 0 Å². The summed E-state index contributed by atoms with van der Waals surface area (Å²) in [6.45, 7) is 2.27. The molecule has 0 N–H and O–H groups in total. The molecule has 30 valence electrons. The van der Waals surface area contributed by atoms with E-state index >= 15 is 0 Å². The maximum absolute atomic E-state index is 2.27. The van der Waals surface area contributed by atoms with Crippen LogP contribution in [0.1, 0.15) is 13.3 Å². The summed E-state index contributed by atoms with van der Waals surface area (Å²) in [5, 5.41) is 0.981. The first-order chi connectivity index (χ1) is 2.39. The van der Waals surface area contributed by atoms with E-state index in [9.17, 15) is 0 Å². The summed E-state index contributed by atoms with van der Waals surface area (Å²) in [7, 11) is 0. The second kappa shape index (κ2) is 1.21. The van der Waals surface area contributed by atoms with Crippen LogP contribution in [0.15, 0.2) is 0 Å².